The zero-order chi connectivity index (χ0) is 22.8. The Morgan fingerprint density at radius 2 is 1.13 bits per heavy atom. The van der Waals surface area contributed by atoms with E-state index in [9.17, 15) is 0 Å². The highest BCUT2D eigenvalue weighted by Gasteiger charge is 2.01. The van der Waals surface area contributed by atoms with Gasteiger partial charge in [-0.05, 0) is 37.4 Å². The van der Waals surface area contributed by atoms with Crippen molar-refractivity contribution in [3.63, 3.8) is 0 Å². The van der Waals surface area contributed by atoms with Gasteiger partial charge in [0.15, 0.2) is 5.11 Å². The maximum absolute atomic E-state index is 5.30. The fourth-order valence-corrected chi connectivity index (χ4v) is 4.12. The first kappa shape index (κ1) is 30.4. The summed E-state index contributed by atoms with van der Waals surface area (Å²) in [4.78, 5) is 0. The lowest BCUT2D eigenvalue weighted by Gasteiger charge is -2.09. The first-order chi connectivity index (χ1) is 15.2. The van der Waals surface area contributed by atoms with E-state index in [2.05, 4.69) is 36.6 Å². The van der Waals surface area contributed by atoms with Gasteiger partial charge in [0.25, 0.3) is 0 Å². The molecule has 0 spiro atoms. The maximum Gasteiger partial charge on any atom is 0.186 e. The molecule has 4 heteroatoms. The van der Waals surface area contributed by atoms with Crippen LogP contribution in [0.25, 0.3) is 0 Å². The number of hydrogen-bond donors (Lipinski definition) is 2. The summed E-state index contributed by atoms with van der Waals surface area (Å²) in [5, 5.41) is 8.24. The number of nitrogens with one attached hydrogen (secondary N) is 2. The van der Waals surface area contributed by atoms with Crippen LogP contribution in [0.4, 0.5) is 0 Å². The Bertz CT molecular complexity index is 398. The van der Waals surface area contributed by atoms with E-state index in [0.717, 1.165) is 13.0 Å². The molecule has 0 radical (unpaired) electrons. The van der Waals surface area contributed by atoms with Gasteiger partial charge in [0, 0.05) is 12.8 Å². The van der Waals surface area contributed by atoms with E-state index in [1.807, 2.05) is 6.21 Å². The third-order valence-electron chi connectivity index (χ3n) is 6.22. The summed E-state index contributed by atoms with van der Waals surface area (Å²) in [6.45, 7) is 7.70. The molecule has 0 aliphatic heterocycles. The summed E-state index contributed by atoms with van der Waals surface area (Å²) in [5.74, 6) is 0.565. The normalized spacial score (nSPS) is 12.4. The van der Waals surface area contributed by atoms with Gasteiger partial charge in [-0.2, -0.15) is 5.10 Å². The highest BCUT2D eigenvalue weighted by Crippen LogP contribution is 2.13. The molecule has 0 unspecified atom stereocenters. The molecule has 184 valence electrons. The van der Waals surface area contributed by atoms with Crippen molar-refractivity contribution in [1.82, 2.24) is 10.7 Å². The van der Waals surface area contributed by atoms with Gasteiger partial charge in [0.1, 0.15) is 0 Å². The molecule has 0 bridgehead atoms. The minimum atomic E-state index is 0.565. The van der Waals surface area contributed by atoms with E-state index in [1.165, 1.54) is 122 Å². The quantitative estimate of drug-likeness (QED) is 0.0701. The van der Waals surface area contributed by atoms with Crippen LogP contribution in [0.5, 0.6) is 0 Å². The van der Waals surface area contributed by atoms with Gasteiger partial charge in [-0.15, -0.1) is 0 Å². The Hall–Kier alpha value is -0.640. The average Bonchev–Trinajstić information content (AvgIpc) is 2.78. The van der Waals surface area contributed by atoms with Crippen LogP contribution < -0.4 is 10.7 Å². The third-order valence-corrected chi connectivity index (χ3v) is 6.46. The van der Waals surface area contributed by atoms with Crippen molar-refractivity contribution >= 4 is 23.5 Å². The monoisotopic (exact) mass is 453 g/mol. The summed E-state index contributed by atoms with van der Waals surface area (Å²) < 4.78 is 0. The smallest absolute Gasteiger partial charge is 0.186 e. The Morgan fingerprint density at radius 3 is 1.58 bits per heavy atom. The molecule has 0 saturated heterocycles. The second-order valence-corrected chi connectivity index (χ2v) is 9.67. The molecule has 0 aromatic carbocycles. The molecule has 0 fully saturated rings. The summed E-state index contributed by atoms with van der Waals surface area (Å²) in [5.41, 5.74) is 2.97. The van der Waals surface area contributed by atoms with Crippen LogP contribution in [0.15, 0.2) is 5.10 Å². The van der Waals surface area contributed by atoms with Gasteiger partial charge in [0.2, 0.25) is 0 Å². The highest BCUT2D eigenvalue weighted by atomic mass is 32.1. The minimum absolute atomic E-state index is 0.565. The number of hydrogen-bond acceptors (Lipinski definition) is 2. The van der Waals surface area contributed by atoms with Crippen LogP contribution in [0.2, 0.25) is 0 Å². The van der Waals surface area contributed by atoms with Gasteiger partial charge < -0.3 is 5.32 Å². The van der Waals surface area contributed by atoms with Crippen LogP contribution in [0.3, 0.4) is 0 Å². The van der Waals surface area contributed by atoms with E-state index < -0.39 is 0 Å². The molecule has 0 rings (SSSR count). The Morgan fingerprint density at radius 1 is 0.677 bits per heavy atom. The molecule has 0 aliphatic rings. The average molecular weight is 454 g/mol. The van der Waals surface area contributed by atoms with Crippen molar-refractivity contribution in [3.8, 4) is 0 Å². The highest BCUT2D eigenvalue weighted by molar-refractivity contribution is 7.80. The second kappa shape index (κ2) is 25.6. The predicted octanol–water partition coefficient (Wildman–Crippen LogP) is 8.91. The zero-order valence-corrected chi connectivity index (χ0v) is 22.2. The summed E-state index contributed by atoms with van der Waals surface area (Å²) in [7, 11) is 0. The third kappa shape index (κ3) is 23.8. The lowest BCUT2D eigenvalue weighted by atomic mass is 10.0. The molecule has 0 aromatic heterocycles. The Kier molecular flexibility index (Phi) is 25.1. The molecule has 0 heterocycles. The zero-order valence-electron chi connectivity index (χ0n) is 21.4. The first-order valence-electron chi connectivity index (χ1n) is 13.8. The van der Waals surface area contributed by atoms with Gasteiger partial charge >= 0.3 is 0 Å². The van der Waals surface area contributed by atoms with Crippen molar-refractivity contribution in [2.24, 2.45) is 11.0 Å². The van der Waals surface area contributed by atoms with Crippen molar-refractivity contribution in [2.75, 3.05) is 6.54 Å². The molecule has 0 aliphatic carbocycles. The number of hydrazone groups is 1. The van der Waals surface area contributed by atoms with Crippen molar-refractivity contribution < 1.29 is 0 Å². The van der Waals surface area contributed by atoms with E-state index in [0.29, 0.717) is 11.0 Å². The van der Waals surface area contributed by atoms with Crippen molar-refractivity contribution in [1.29, 1.82) is 0 Å². The number of rotatable bonds is 23. The molecule has 0 saturated carbocycles. The van der Waals surface area contributed by atoms with Crippen LogP contribution in [0.1, 0.15) is 149 Å². The van der Waals surface area contributed by atoms with Gasteiger partial charge in [-0.1, -0.05) is 130 Å². The van der Waals surface area contributed by atoms with Crippen LogP contribution in [-0.2, 0) is 0 Å². The molecule has 2 N–H and O–H groups in total. The first-order valence-corrected chi connectivity index (χ1v) is 14.2. The maximum atomic E-state index is 5.30. The lowest BCUT2D eigenvalue weighted by molar-refractivity contribution is 0.529. The minimum Gasteiger partial charge on any atom is -0.361 e. The number of unbranched alkanes of at least 4 members (excludes halogenated alkanes) is 16. The van der Waals surface area contributed by atoms with Gasteiger partial charge in [-0.25, -0.2) is 0 Å². The molecular formula is C27H55N3S. The largest absolute Gasteiger partial charge is 0.361 e. The van der Waals surface area contributed by atoms with Gasteiger partial charge in [-0.3, -0.25) is 5.43 Å². The molecule has 1 atom stereocenters. The molecule has 3 nitrogen and oxygen atoms in total. The molecular weight excluding hydrogens is 398 g/mol. The summed E-state index contributed by atoms with van der Waals surface area (Å²) in [6, 6.07) is 0. The fraction of sp³-hybridized carbons (Fsp3) is 0.926. The van der Waals surface area contributed by atoms with E-state index in [1.54, 1.807) is 0 Å². The molecule has 0 amide bonds. The summed E-state index contributed by atoms with van der Waals surface area (Å²) in [6.07, 6.45) is 29.4. The van der Waals surface area contributed by atoms with Crippen LogP contribution in [0, 0.1) is 5.92 Å². The topological polar surface area (TPSA) is 36.4 Å². The number of nitrogens with zero attached hydrogens (tertiary/aromatic N) is 1. The Balaban J connectivity index is 3.31. The Labute approximate surface area is 201 Å². The lowest BCUT2D eigenvalue weighted by Crippen LogP contribution is -2.32. The molecule has 31 heavy (non-hydrogen) atoms. The standard InChI is InChI=1S/C27H55N3S/c1-4-7-9-10-11-12-13-14-15-16-17-18-19-20-21-22-24-28-27(31)30-29-25-26(6-3)23-8-5-2/h25-26H,4-24H2,1-3H3,(H2,28,30,31)/b29-25-/t26-/m1/s1. The van der Waals surface area contributed by atoms with E-state index in [4.69, 9.17) is 12.2 Å². The van der Waals surface area contributed by atoms with Crippen LogP contribution >= 0.6 is 12.2 Å². The fourth-order valence-electron chi connectivity index (χ4n) is 3.97. The SMILES string of the molecule is CCCCCCCCCCCCCCCCCCNC(=S)N/N=C\[C@H](CC)CCCC. The van der Waals surface area contributed by atoms with E-state index >= 15 is 0 Å². The van der Waals surface area contributed by atoms with Gasteiger partial charge in [0.05, 0.1) is 0 Å². The second-order valence-electron chi connectivity index (χ2n) is 9.26. The van der Waals surface area contributed by atoms with Crippen molar-refractivity contribution in [2.45, 2.75) is 149 Å². The van der Waals surface area contributed by atoms with Crippen molar-refractivity contribution in [3.05, 3.63) is 0 Å². The summed E-state index contributed by atoms with van der Waals surface area (Å²) >= 11 is 5.30. The predicted molar refractivity (Wildman–Crippen MR) is 145 cm³/mol. The van der Waals surface area contributed by atoms with E-state index in [-0.39, 0.29) is 0 Å². The number of thiocarbonyl (C=S) groups is 1. The molecule has 0 aromatic rings. The van der Waals surface area contributed by atoms with Crippen LogP contribution in [-0.4, -0.2) is 17.9 Å².